The first-order valence-electron chi connectivity index (χ1n) is 11.1. The van der Waals surface area contributed by atoms with Crippen molar-refractivity contribution < 1.29 is 13.9 Å². The van der Waals surface area contributed by atoms with Crippen molar-refractivity contribution in [2.24, 2.45) is 0 Å². The van der Waals surface area contributed by atoms with Crippen LogP contribution >= 0.6 is 23.7 Å². The summed E-state index contributed by atoms with van der Waals surface area (Å²) in [6, 6.07) is 14.5. The fourth-order valence-corrected chi connectivity index (χ4v) is 4.73. The molecule has 34 heavy (non-hydrogen) atoms. The lowest BCUT2D eigenvalue weighted by Gasteiger charge is -2.24. The molecule has 9 heteroatoms. The molecule has 0 spiro atoms. The maximum Gasteiger partial charge on any atom is 0.349 e. The largest absolute Gasteiger partial charge is 0.492 e. The third kappa shape index (κ3) is 5.24. The van der Waals surface area contributed by atoms with Crippen molar-refractivity contribution in [3.63, 3.8) is 0 Å². The van der Waals surface area contributed by atoms with Gasteiger partial charge in [0.15, 0.2) is 5.13 Å². The Labute approximate surface area is 208 Å². The lowest BCUT2D eigenvalue weighted by Crippen LogP contribution is -2.40. The molecule has 2 aromatic carbocycles. The minimum absolute atomic E-state index is 0. The monoisotopic (exact) mass is 501 g/mol. The van der Waals surface area contributed by atoms with Crippen LogP contribution in [0.1, 0.15) is 31.1 Å². The van der Waals surface area contributed by atoms with Gasteiger partial charge in [-0.3, -0.25) is 9.69 Å². The lowest BCUT2D eigenvalue weighted by atomic mass is 10.1. The number of fused-ring (bicyclic) bond motifs is 2. The van der Waals surface area contributed by atoms with Gasteiger partial charge in [-0.2, -0.15) is 0 Å². The van der Waals surface area contributed by atoms with Crippen LogP contribution in [-0.4, -0.2) is 48.6 Å². The van der Waals surface area contributed by atoms with Crippen molar-refractivity contribution in [1.82, 2.24) is 9.88 Å². The Hall–Kier alpha value is -2.94. The number of aromatic nitrogens is 1. The van der Waals surface area contributed by atoms with E-state index in [0.717, 1.165) is 17.8 Å². The number of hydrogen-bond acceptors (Lipinski definition) is 7. The number of carbonyl (C=O) groups is 1. The highest BCUT2D eigenvalue weighted by Gasteiger charge is 2.26. The molecule has 0 atom stereocenters. The smallest absolute Gasteiger partial charge is 0.349 e. The van der Waals surface area contributed by atoms with Crippen molar-refractivity contribution >= 4 is 56.0 Å². The van der Waals surface area contributed by atoms with Crippen LogP contribution in [0.15, 0.2) is 57.7 Å². The van der Waals surface area contributed by atoms with E-state index in [1.807, 2.05) is 37.3 Å². The number of para-hydroxylation sites is 2. The van der Waals surface area contributed by atoms with Crippen LogP contribution < -0.4 is 15.3 Å². The summed E-state index contributed by atoms with van der Waals surface area (Å²) in [6.07, 6.45) is 0. The van der Waals surface area contributed by atoms with Gasteiger partial charge >= 0.3 is 5.63 Å². The van der Waals surface area contributed by atoms with Crippen molar-refractivity contribution in [2.45, 2.75) is 20.8 Å². The summed E-state index contributed by atoms with van der Waals surface area (Å²) >= 11 is 1.41. The number of carbonyl (C=O) groups excluding carboxylic acids is 1. The van der Waals surface area contributed by atoms with Crippen molar-refractivity contribution in [3.05, 3.63) is 64.5 Å². The Kier molecular flexibility index (Phi) is 8.66. The van der Waals surface area contributed by atoms with E-state index in [-0.39, 0.29) is 18.0 Å². The molecule has 0 aliphatic carbocycles. The molecule has 0 saturated carbocycles. The maximum atomic E-state index is 13.7. The normalized spacial score (nSPS) is 11.1. The zero-order valence-electron chi connectivity index (χ0n) is 19.4. The highest BCUT2D eigenvalue weighted by atomic mass is 35.5. The number of likely N-dealkylation sites (N-methyl/N-ethyl adjacent to an activating group) is 1. The van der Waals surface area contributed by atoms with E-state index in [0.29, 0.717) is 47.1 Å². The average Bonchev–Trinajstić information content (AvgIpc) is 3.26. The summed E-state index contributed by atoms with van der Waals surface area (Å²) in [5.41, 5.74) is 0.515. The van der Waals surface area contributed by atoms with E-state index in [4.69, 9.17) is 14.1 Å². The molecule has 2 heterocycles. The second-order valence-electron chi connectivity index (χ2n) is 7.50. The molecule has 0 saturated heterocycles. The fourth-order valence-electron chi connectivity index (χ4n) is 3.72. The molecule has 0 fully saturated rings. The number of halogens is 1. The summed E-state index contributed by atoms with van der Waals surface area (Å²) in [7, 11) is 0. The SMILES string of the molecule is CCOc1cccc2sc(N(CCN(CC)CC)C(=O)c3cc4ccccc4oc3=O)nc12.Cl. The summed E-state index contributed by atoms with van der Waals surface area (Å²) in [5.74, 6) is 0.262. The standard InChI is InChI=1S/C25H27N3O4S.ClH/c1-4-27(5-2)14-15-28(25-26-22-20(31-6-3)12-9-13-21(22)33-25)23(29)18-16-17-10-7-8-11-19(17)32-24(18)30;/h7-13,16H,4-6,14-15H2,1-3H3;1H. The minimum atomic E-state index is -0.650. The first-order chi connectivity index (χ1) is 16.0. The third-order valence-electron chi connectivity index (χ3n) is 5.55. The van der Waals surface area contributed by atoms with Crippen LogP contribution in [0.5, 0.6) is 5.75 Å². The minimum Gasteiger partial charge on any atom is -0.492 e. The molecular weight excluding hydrogens is 474 g/mol. The number of nitrogens with zero attached hydrogens (tertiary/aromatic N) is 3. The Bertz CT molecular complexity index is 1330. The quantitative estimate of drug-likeness (QED) is 0.293. The third-order valence-corrected chi connectivity index (χ3v) is 6.60. The maximum absolute atomic E-state index is 13.7. The van der Waals surface area contributed by atoms with Gasteiger partial charge in [0.2, 0.25) is 0 Å². The van der Waals surface area contributed by atoms with E-state index in [9.17, 15) is 9.59 Å². The molecule has 4 rings (SSSR count). The van der Waals surface area contributed by atoms with E-state index < -0.39 is 11.5 Å². The number of anilines is 1. The molecule has 180 valence electrons. The molecule has 7 nitrogen and oxygen atoms in total. The Morgan fingerprint density at radius 2 is 1.82 bits per heavy atom. The molecule has 0 radical (unpaired) electrons. The zero-order chi connectivity index (χ0) is 23.4. The van der Waals surface area contributed by atoms with Crippen LogP contribution in [0.3, 0.4) is 0 Å². The lowest BCUT2D eigenvalue weighted by molar-refractivity contribution is 0.0980. The second-order valence-corrected chi connectivity index (χ2v) is 8.51. The van der Waals surface area contributed by atoms with Crippen molar-refractivity contribution in [3.8, 4) is 5.75 Å². The van der Waals surface area contributed by atoms with Crippen LogP contribution in [0.25, 0.3) is 21.2 Å². The average molecular weight is 502 g/mol. The Morgan fingerprint density at radius 1 is 1.06 bits per heavy atom. The van der Waals surface area contributed by atoms with Gasteiger partial charge in [0.05, 0.1) is 11.3 Å². The van der Waals surface area contributed by atoms with Crippen LogP contribution in [-0.2, 0) is 0 Å². The molecule has 0 aliphatic heterocycles. The van der Waals surface area contributed by atoms with Crippen molar-refractivity contribution in [2.75, 3.05) is 37.7 Å². The number of rotatable bonds is 9. The van der Waals surface area contributed by atoms with Gasteiger partial charge in [0.25, 0.3) is 5.91 Å². The molecule has 4 aromatic rings. The highest BCUT2D eigenvalue weighted by molar-refractivity contribution is 7.22. The molecule has 0 bridgehead atoms. The highest BCUT2D eigenvalue weighted by Crippen LogP contribution is 2.34. The van der Waals surface area contributed by atoms with Crippen molar-refractivity contribution in [1.29, 1.82) is 0 Å². The molecule has 0 aliphatic rings. The first kappa shape index (κ1) is 25.7. The van der Waals surface area contributed by atoms with Gasteiger partial charge in [-0.1, -0.05) is 49.4 Å². The van der Waals surface area contributed by atoms with Crippen LogP contribution in [0, 0.1) is 0 Å². The Balaban J connectivity index is 0.00000324. The van der Waals surface area contributed by atoms with Crippen LogP contribution in [0.2, 0.25) is 0 Å². The number of ether oxygens (including phenoxy) is 1. The summed E-state index contributed by atoms with van der Waals surface area (Å²) < 4.78 is 12.1. The van der Waals surface area contributed by atoms with E-state index in [1.165, 1.54) is 11.3 Å². The molecule has 2 aromatic heterocycles. The van der Waals surface area contributed by atoms with Gasteiger partial charge < -0.3 is 14.1 Å². The Morgan fingerprint density at radius 3 is 2.56 bits per heavy atom. The number of hydrogen-bond donors (Lipinski definition) is 0. The zero-order valence-corrected chi connectivity index (χ0v) is 21.1. The first-order valence-corrected chi connectivity index (χ1v) is 12.0. The van der Waals surface area contributed by atoms with E-state index >= 15 is 0 Å². The topological polar surface area (TPSA) is 75.9 Å². The van der Waals surface area contributed by atoms with E-state index in [2.05, 4.69) is 18.7 Å². The fraction of sp³-hybridized carbons (Fsp3) is 0.320. The van der Waals surface area contributed by atoms with Gasteiger partial charge in [-0.05, 0) is 44.3 Å². The molecular formula is C25H28ClN3O4S. The molecule has 1 amide bonds. The van der Waals surface area contributed by atoms with E-state index in [1.54, 1.807) is 23.1 Å². The number of thiazole rings is 1. The summed E-state index contributed by atoms with van der Waals surface area (Å²) in [6.45, 7) is 9.40. The van der Waals surface area contributed by atoms with Gasteiger partial charge in [-0.25, -0.2) is 9.78 Å². The van der Waals surface area contributed by atoms with Gasteiger partial charge in [0.1, 0.15) is 22.4 Å². The summed E-state index contributed by atoms with van der Waals surface area (Å²) in [5, 5.41) is 1.23. The van der Waals surface area contributed by atoms with Crippen LogP contribution in [0.4, 0.5) is 5.13 Å². The molecule has 0 N–H and O–H groups in total. The predicted octanol–water partition coefficient (Wildman–Crippen LogP) is 5.21. The number of benzene rings is 2. The number of amides is 1. The predicted molar refractivity (Wildman–Crippen MR) is 140 cm³/mol. The summed E-state index contributed by atoms with van der Waals surface area (Å²) in [4.78, 5) is 34.9. The molecule has 0 unspecified atom stereocenters. The van der Waals surface area contributed by atoms with Gasteiger partial charge in [-0.15, -0.1) is 12.4 Å². The van der Waals surface area contributed by atoms with Gasteiger partial charge in [0, 0.05) is 18.5 Å². The second kappa shape index (κ2) is 11.5.